The van der Waals surface area contributed by atoms with Crippen molar-refractivity contribution in [3.8, 4) is 0 Å². The maximum Gasteiger partial charge on any atom is 0.321 e. The fraction of sp³-hybridized carbons (Fsp3) is 0.786. The number of esters is 1. The second-order valence-electron chi connectivity index (χ2n) is 4.92. The summed E-state index contributed by atoms with van der Waals surface area (Å²) in [6, 6.07) is -0.954. The van der Waals surface area contributed by atoms with E-state index in [1.807, 2.05) is 0 Å². The van der Waals surface area contributed by atoms with Crippen LogP contribution in [0, 0.1) is 0 Å². The van der Waals surface area contributed by atoms with Gasteiger partial charge in [0.2, 0.25) is 0 Å². The minimum atomic E-state index is -1.08. The van der Waals surface area contributed by atoms with E-state index in [1.54, 1.807) is 6.92 Å². The van der Waals surface area contributed by atoms with Crippen LogP contribution >= 0.6 is 0 Å². The molecule has 0 aliphatic heterocycles. The number of carbonyl (C=O) groups excluding carboxylic acids is 1. The molecule has 10 nitrogen and oxygen atoms in total. The Morgan fingerprint density at radius 2 is 1.46 bits per heavy atom. The molecule has 0 saturated carbocycles. The summed E-state index contributed by atoms with van der Waals surface area (Å²) in [5.74, 6) is -2.50. The minimum Gasteiger partial charge on any atom is -0.480 e. The van der Waals surface area contributed by atoms with Gasteiger partial charge in [0.15, 0.2) is 0 Å². The van der Waals surface area contributed by atoms with Gasteiger partial charge in [-0.1, -0.05) is 0 Å². The van der Waals surface area contributed by atoms with Crippen LogP contribution in [0.4, 0.5) is 0 Å². The SMILES string of the molecule is CCOC(=O)CC(NCCNCCNCCNCC(=O)O)C(=O)O. The Kier molecular flexibility index (Phi) is 13.7. The Morgan fingerprint density at radius 1 is 0.917 bits per heavy atom. The number of nitrogens with one attached hydrogen (secondary N) is 4. The van der Waals surface area contributed by atoms with E-state index >= 15 is 0 Å². The highest BCUT2D eigenvalue weighted by Crippen LogP contribution is 1.95. The maximum atomic E-state index is 11.3. The number of hydrogen-bond acceptors (Lipinski definition) is 8. The topological polar surface area (TPSA) is 149 Å². The van der Waals surface area contributed by atoms with Crippen LogP contribution in [-0.2, 0) is 19.1 Å². The maximum absolute atomic E-state index is 11.3. The molecule has 0 aromatic heterocycles. The molecule has 6 N–H and O–H groups in total. The van der Waals surface area contributed by atoms with Gasteiger partial charge in [-0.05, 0) is 6.92 Å². The smallest absolute Gasteiger partial charge is 0.321 e. The Morgan fingerprint density at radius 3 is 1.96 bits per heavy atom. The third-order valence-corrected chi connectivity index (χ3v) is 2.90. The van der Waals surface area contributed by atoms with Gasteiger partial charge in [0.05, 0.1) is 19.6 Å². The molecular weight excluding hydrogens is 320 g/mol. The normalized spacial score (nSPS) is 11.9. The molecule has 0 aliphatic rings. The molecule has 0 aromatic rings. The van der Waals surface area contributed by atoms with Gasteiger partial charge in [0.25, 0.3) is 0 Å². The lowest BCUT2D eigenvalue weighted by atomic mass is 10.2. The van der Waals surface area contributed by atoms with Crippen LogP contribution in [0.5, 0.6) is 0 Å². The zero-order valence-electron chi connectivity index (χ0n) is 14.0. The molecule has 10 heteroatoms. The van der Waals surface area contributed by atoms with Gasteiger partial charge in [0.1, 0.15) is 6.04 Å². The summed E-state index contributed by atoms with van der Waals surface area (Å²) in [6.45, 7) is 5.45. The Hall–Kier alpha value is -1.75. The molecule has 140 valence electrons. The van der Waals surface area contributed by atoms with Crippen molar-refractivity contribution in [1.82, 2.24) is 21.3 Å². The second-order valence-corrected chi connectivity index (χ2v) is 4.92. The molecule has 0 amide bonds. The quantitative estimate of drug-likeness (QED) is 0.134. The minimum absolute atomic E-state index is 0.0534. The first-order valence-corrected chi connectivity index (χ1v) is 7.93. The zero-order chi connectivity index (χ0) is 18.2. The number of aliphatic carboxylic acids is 2. The van der Waals surface area contributed by atoms with E-state index in [0.717, 1.165) is 0 Å². The monoisotopic (exact) mass is 348 g/mol. The molecule has 0 aliphatic carbocycles. The lowest BCUT2D eigenvalue weighted by molar-refractivity contribution is -0.149. The molecule has 0 bridgehead atoms. The first-order chi connectivity index (χ1) is 11.5. The lowest BCUT2D eigenvalue weighted by Gasteiger charge is -2.14. The van der Waals surface area contributed by atoms with E-state index < -0.39 is 23.9 Å². The van der Waals surface area contributed by atoms with E-state index in [4.69, 9.17) is 14.9 Å². The number of ether oxygens (including phenoxy) is 1. The van der Waals surface area contributed by atoms with E-state index in [9.17, 15) is 14.4 Å². The van der Waals surface area contributed by atoms with Crippen LogP contribution in [0.25, 0.3) is 0 Å². The number of carbonyl (C=O) groups is 3. The van der Waals surface area contributed by atoms with Gasteiger partial charge in [0, 0.05) is 39.3 Å². The standard InChI is InChI=1S/C14H28N4O6/c1-2-24-13(21)9-11(14(22)23)18-8-7-16-4-3-15-5-6-17-10-12(19)20/h11,15-18H,2-10H2,1H3,(H,19,20)(H,22,23). The molecule has 0 heterocycles. The predicted molar refractivity (Wildman–Crippen MR) is 86.9 cm³/mol. The first kappa shape index (κ1) is 22.2. The fourth-order valence-electron chi connectivity index (χ4n) is 1.77. The number of rotatable bonds is 16. The second kappa shape index (κ2) is 14.8. The zero-order valence-corrected chi connectivity index (χ0v) is 14.0. The average molecular weight is 348 g/mol. The molecular formula is C14H28N4O6. The van der Waals surface area contributed by atoms with Crippen LogP contribution < -0.4 is 21.3 Å². The number of carboxylic acids is 2. The van der Waals surface area contributed by atoms with Crippen molar-refractivity contribution in [2.24, 2.45) is 0 Å². The van der Waals surface area contributed by atoms with Crippen molar-refractivity contribution in [2.75, 3.05) is 52.4 Å². The lowest BCUT2D eigenvalue weighted by Crippen LogP contribution is -2.42. The summed E-state index contributed by atoms with van der Waals surface area (Å²) in [4.78, 5) is 32.6. The van der Waals surface area contributed by atoms with Crippen molar-refractivity contribution >= 4 is 17.9 Å². The number of carboxylic acid groups (broad SMARTS) is 2. The van der Waals surface area contributed by atoms with Gasteiger partial charge >= 0.3 is 17.9 Å². The highest BCUT2D eigenvalue weighted by molar-refractivity contribution is 5.81. The molecule has 0 spiro atoms. The third kappa shape index (κ3) is 13.9. The van der Waals surface area contributed by atoms with Crippen molar-refractivity contribution in [2.45, 2.75) is 19.4 Å². The van der Waals surface area contributed by atoms with Gasteiger partial charge in [-0.15, -0.1) is 0 Å². The number of hydrogen-bond donors (Lipinski definition) is 6. The predicted octanol–water partition coefficient (Wildman–Crippen LogP) is -2.16. The molecule has 1 unspecified atom stereocenters. The van der Waals surface area contributed by atoms with Crippen molar-refractivity contribution < 1.29 is 29.3 Å². The first-order valence-electron chi connectivity index (χ1n) is 7.93. The van der Waals surface area contributed by atoms with Crippen molar-refractivity contribution in [1.29, 1.82) is 0 Å². The fourth-order valence-corrected chi connectivity index (χ4v) is 1.77. The van der Waals surface area contributed by atoms with Crippen LogP contribution in [0.2, 0.25) is 0 Å². The van der Waals surface area contributed by atoms with E-state index in [1.165, 1.54) is 0 Å². The highest BCUT2D eigenvalue weighted by Gasteiger charge is 2.20. The molecule has 0 radical (unpaired) electrons. The van der Waals surface area contributed by atoms with Crippen LogP contribution in [-0.4, -0.2) is 86.6 Å². The molecule has 0 rings (SSSR count). The molecule has 0 saturated heterocycles. The van der Waals surface area contributed by atoms with Crippen LogP contribution in [0.15, 0.2) is 0 Å². The summed E-state index contributed by atoms with van der Waals surface area (Å²) in [5.41, 5.74) is 0. The summed E-state index contributed by atoms with van der Waals surface area (Å²) >= 11 is 0. The summed E-state index contributed by atoms with van der Waals surface area (Å²) in [6.07, 6.45) is -0.200. The van der Waals surface area contributed by atoms with E-state index in [2.05, 4.69) is 21.3 Å². The van der Waals surface area contributed by atoms with E-state index in [-0.39, 0.29) is 19.6 Å². The van der Waals surface area contributed by atoms with Gasteiger partial charge in [-0.25, -0.2) is 0 Å². The van der Waals surface area contributed by atoms with Gasteiger partial charge in [-0.3, -0.25) is 14.4 Å². The van der Waals surface area contributed by atoms with E-state index in [0.29, 0.717) is 39.3 Å². The average Bonchev–Trinajstić information content (AvgIpc) is 2.51. The molecule has 0 fully saturated rings. The summed E-state index contributed by atoms with van der Waals surface area (Å²) in [5, 5.41) is 29.2. The molecule has 0 aromatic carbocycles. The Balaban J connectivity index is 3.53. The van der Waals surface area contributed by atoms with Crippen LogP contribution in [0.1, 0.15) is 13.3 Å². The highest BCUT2D eigenvalue weighted by atomic mass is 16.5. The molecule has 24 heavy (non-hydrogen) atoms. The summed E-state index contributed by atoms with van der Waals surface area (Å²) < 4.78 is 4.73. The van der Waals surface area contributed by atoms with Gasteiger partial charge < -0.3 is 36.2 Å². The van der Waals surface area contributed by atoms with Crippen LogP contribution in [0.3, 0.4) is 0 Å². The van der Waals surface area contributed by atoms with Crippen molar-refractivity contribution in [3.05, 3.63) is 0 Å². The van der Waals surface area contributed by atoms with Crippen molar-refractivity contribution in [3.63, 3.8) is 0 Å². The Labute approximate surface area is 141 Å². The summed E-state index contributed by atoms with van der Waals surface area (Å²) in [7, 11) is 0. The van der Waals surface area contributed by atoms with Gasteiger partial charge in [-0.2, -0.15) is 0 Å². The largest absolute Gasteiger partial charge is 0.480 e. The molecule has 1 atom stereocenters. The Bertz CT molecular complexity index is 380. The third-order valence-electron chi connectivity index (χ3n) is 2.90.